The lowest BCUT2D eigenvalue weighted by atomic mass is 9.96. The molecule has 5 N–H and O–H groups in total. The van der Waals surface area contributed by atoms with Gasteiger partial charge in [0.2, 0.25) is 17.7 Å². The molecule has 188 valence electrons. The average molecular weight is 485 g/mol. The number of nitrogens with two attached hydrogens (primary N) is 1. The largest absolute Gasteiger partial charge is 0.508 e. The van der Waals surface area contributed by atoms with Crippen molar-refractivity contribution < 1.29 is 19.5 Å². The van der Waals surface area contributed by atoms with Crippen molar-refractivity contribution in [1.29, 1.82) is 0 Å². The highest BCUT2D eigenvalue weighted by Crippen LogP contribution is 2.16. The predicted molar refractivity (Wildman–Crippen MR) is 133 cm³/mol. The molecule has 0 saturated heterocycles. The Balaban J connectivity index is 0.0000102. The van der Waals surface area contributed by atoms with Gasteiger partial charge >= 0.3 is 0 Å². The number of phenols is 1. The van der Waals surface area contributed by atoms with Crippen molar-refractivity contribution in [3.63, 3.8) is 0 Å². The minimum atomic E-state index is -0.977. The number of hydrogen-bond acceptors (Lipinski definition) is 6. The van der Waals surface area contributed by atoms with Gasteiger partial charge in [-0.2, -0.15) is 0 Å². The van der Waals surface area contributed by atoms with E-state index in [1.807, 2.05) is 46.4 Å². The fourth-order valence-corrected chi connectivity index (χ4v) is 3.55. The molecule has 3 amide bonds. The number of phenolic OH excluding ortho intramolecular Hbond substituents is 1. The maximum Gasteiger partial charge on any atom is 0.249 e. The number of rotatable bonds is 12. The van der Waals surface area contributed by atoms with E-state index in [9.17, 15) is 19.5 Å². The Morgan fingerprint density at radius 1 is 0.970 bits per heavy atom. The van der Waals surface area contributed by atoms with Crippen LogP contribution in [0.2, 0.25) is 0 Å². The second kappa shape index (κ2) is 14.9. The SMILES string of the molecule is CC[C@H](C)[C@@H](C(=O)NC(=O)[C@H](Cc1ccc(O)cc1)NC(=O)[C@@H](N)C(C)C)N(CC)CC.Cl. The van der Waals surface area contributed by atoms with E-state index >= 15 is 0 Å². The van der Waals surface area contributed by atoms with Crippen LogP contribution >= 0.6 is 12.4 Å². The molecule has 0 aromatic heterocycles. The maximum absolute atomic E-state index is 13.1. The van der Waals surface area contributed by atoms with Crippen molar-refractivity contribution in [3.8, 4) is 5.75 Å². The summed E-state index contributed by atoms with van der Waals surface area (Å²) in [7, 11) is 0. The molecule has 0 aliphatic carbocycles. The molecule has 0 saturated carbocycles. The molecule has 0 heterocycles. The molecule has 1 aromatic rings. The number of nitrogens with zero attached hydrogens (tertiary/aromatic N) is 1. The summed E-state index contributed by atoms with van der Waals surface area (Å²) in [4.78, 5) is 40.8. The number of imide groups is 1. The number of halogens is 1. The Labute approximate surface area is 204 Å². The van der Waals surface area contributed by atoms with Crippen molar-refractivity contribution >= 4 is 30.1 Å². The highest BCUT2D eigenvalue weighted by molar-refractivity contribution is 6.01. The molecule has 0 radical (unpaired) electrons. The molecular formula is C24H41ClN4O4. The van der Waals surface area contributed by atoms with Crippen molar-refractivity contribution in [2.24, 2.45) is 17.6 Å². The van der Waals surface area contributed by atoms with E-state index in [-0.39, 0.29) is 42.3 Å². The minimum absolute atomic E-state index is 0. The molecule has 0 unspecified atom stereocenters. The summed E-state index contributed by atoms with van der Waals surface area (Å²) in [6.07, 6.45) is 0.953. The number of likely N-dealkylation sites (N-methyl/N-ethyl adjacent to an activating group) is 1. The summed E-state index contributed by atoms with van der Waals surface area (Å²) in [6.45, 7) is 13.0. The fraction of sp³-hybridized carbons (Fsp3) is 0.625. The van der Waals surface area contributed by atoms with E-state index in [0.717, 1.165) is 12.0 Å². The zero-order valence-corrected chi connectivity index (χ0v) is 21.4. The molecule has 1 aromatic carbocycles. The Kier molecular flexibility index (Phi) is 13.9. The van der Waals surface area contributed by atoms with Gasteiger partial charge in [0.1, 0.15) is 11.8 Å². The first-order chi connectivity index (χ1) is 15.0. The normalized spacial score (nSPS) is 14.7. The Hall–Kier alpha value is -2.16. The van der Waals surface area contributed by atoms with E-state index < -0.39 is 29.9 Å². The molecule has 0 bridgehead atoms. The highest BCUT2D eigenvalue weighted by atomic mass is 35.5. The van der Waals surface area contributed by atoms with Crippen LogP contribution in [0.3, 0.4) is 0 Å². The second-order valence-corrected chi connectivity index (χ2v) is 8.61. The smallest absolute Gasteiger partial charge is 0.249 e. The number of benzene rings is 1. The standard InChI is InChI=1S/C24H40N4O4.ClH/c1-7-16(6)21(28(8-2)9-3)24(32)27-22(30)19(26-23(31)20(25)15(4)5)14-17-10-12-18(29)13-11-17;/h10-13,15-16,19-21,29H,7-9,14,25H2,1-6H3,(H,26,31)(H,27,30,32);1H/t16-,19-,20-,21-;/m0./s1. The first-order valence-corrected chi connectivity index (χ1v) is 11.5. The maximum atomic E-state index is 13.1. The Bertz CT molecular complexity index is 753. The van der Waals surface area contributed by atoms with E-state index in [1.165, 1.54) is 12.1 Å². The summed E-state index contributed by atoms with van der Waals surface area (Å²) in [5.74, 6) is -1.34. The quantitative estimate of drug-likeness (QED) is 0.360. The molecule has 4 atom stereocenters. The molecule has 0 aliphatic rings. The highest BCUT2D eigenvalue weighted by Gasteiger charge is 2.32. The number of carbonyl (C=O) groups is 3. The van der Waals surface area contributed by atoms with Crippen LogP contribution < -0.4 is 16.4 Å². The van der Waals surface area contributed by atoms with E-state index in [0.29, 0.717) is 13.1 Å². The van der Waals surface area contributed by atoms with E-state index in [4.69, 9.17) is 5.73 Å². The van der Waals surface area contributed by atoms with Gasteiger partial charge in [-0.1, -0.05) is 60.1 Å². The molecule has 9 heteroatoms. The molecule has 0 fully saturated rings. The monoisotopic (exact) mass is 484 g/mol. The van der Waals surface area contributed by atoms with E-state index in [1.54, 1.807) is 12.1 Å². The Morgan fingerprint density at radius 2 is 1.52 bits per heavy atom. The number of amides is 3. The van der Waals surface area contributed by atoms with Crippen LogP contribution in [0.4, 0.5) is 0 Å². The van der Waals surface area contributed by atoms with Crippen molar-refractivity contribution in [2.45, 2.75) is 72.5 Å². The van der Waals surface area contributed by atoms with Crippen molar-refractivity contribution in [2.75, 3.05) is 13.1 Å². The van der Waals surface area contributed by atoms with Crippen LogP contribution in [0.25, 0.3) is 0 Å². The van der Waals surface area contributed by atoms with Crippen LogP contribution in [0, 0.1) is 11.8 Å². The van der Waals surface area contributed by atoms with Gasteiger partial charge in [0.25, 0.3) is 0 Å². The average Bonchev–Trinajstić information content (AvgIpc) is 2.76. The lowest BCUT2D eigenvalue weighted by Crippen LogP contribution is -2.57. The number of nitrogens with one attached hydrogen (secondary N) is 2. The van der Waals surface area contributed by atoms with Gasteiger partial charge in [0.05, 0.1) is 12.1 Å². The molecule has 0 aliphatic heterocycles. The minimum Gasteiger partial charge on any atom is -0.508 e. The third kappa shape index (κ3) is 9.31. The van der Waals surface area contributed by atoms with Gasteiger partial charge in [-0.15, -0.1) is 12.4 Å². The second-order valence-electron chi connectivity index (χ2n) is 8.61. The van der Waals surface area contributed by atoms with Gasteiger partial charge in [0.15, 0.2) is 0 Å². The summed E-state index contributed by atoms with van der Waals surface area (Å²) in [5, 5.41) is 14.7. The Morgan fingerprint density at radius 3 is 1.97 bits per heavy atom. The third-order valence-electron chi connectivity index (χ3n) is 5.93. The zero-order valence-electron chi connectivity index (χ0n) is 20.6. The van der Waals surface area contributed by atoms with Crippen molar-refractivity contribution in [3.05, 3.63) is 29.8 Å². The lowest BCUT2D eigenvalue weighted by Gasteiger charge is -2.33. The summed E-state index contributed by atoms with van der Waals surface area (Å²) in [6, 6.07) is 4.17. The molecule has 0 spiro atoms. The number of aromatic hydroxyl groups is 1. The summed E-state index contributed by atoms with van der Waals surface area (Å²) < 4.78 is 0. The number of hydrogen-bond donors (Lipinski definition) is 4. The van der Waals surface area contributed by atoms with Gasteiger partial charge in [-0.3, -0.25) is 24.6 Å². The summed E-state index contributed by atoms with van der Waals surface area (Å²) >= 11 is 0. The molecular weight excluding hydrogens is 444 g/mol. The van der Waals surface area contributed by atoms with Crippen LogP contribution in [-0.4, -0.2) is 58.9 Å². The molecule has 1 rings (SSSR count). The third-order valence-corrected chi connectivity index (χ3v) is 5.93. The van der Waals surface area contributed by atoms with Crippen LogP contribution in [-0.2, 0) is 20.8 Å². The zero-order chi connectivity index (χ0) is 24.4. The van der Waals surface area contributed by atoms with Gasteiger partial charge < -0.3 is 16.2 Å². The summed E-state index contributed by atoms with van der Waals surface area (Å²) in [5.41, 5.74) is 6.69. The van der Waals surface area contributed by atoms with Crippen molar-refractivity contribution in [1.82, 2.24) is 15.5 Å². The van der Waals surface area contributed by atoms with Crippen LogP contribution in [0.1, 0.15) is 53.5 Å². The van der Waals surface area contributed by atoms with Gasteiger partial charge in [0, 0.05) is 6.42 Å². The number of carbonyl (C=O) groups excluding carboxylic acids is 3. The fourth-order valence-electron chi connectivity index (χ4n) is 3.55. The first kappa shape index (κ1) is 30.8. The van der Waals surface area contributed by atoms with Gasteiger partial charge in [-0.25, -0.2) is 0 Å². The van der Waals surface area contributed by atoms with E-state index in [2.05, 4.69) is 10.6 Å². The predicted octanol–water partition coefficient (Wildman–Crippen LogP) is 2.22. The molecule has 33 heavy (non-hydrogen) atoms. The van der Waals surface area contributed by atoms with Gasteiger partial charge in [-0.05, 0) is 42.6 Å². The lowest BCUT2D eigenvalue weighted by molar-refractivity contribution is -0.137. The topological polar surface area (TPSA) is 125 Å². The molecule has 8 nitrogen and oxygen atoms in total. The first-order valence-electron chi connectivity index (χ1n) is 11.5. The van der Waals surface area contributed by atoms with Crippen LogP contribution in [0.15, 0.2) is 24.3 Å². The van der Waals surface area contributed by atoms with Crippen LogP contribution in [0.5, 0.6) is 5.75 Å².